The Balaban J connectivity index is 0.000000292. The van der Waals surface area contributed by atoms with Crippen molar-refractivity contribution >= 4 is 34.6 Å². The fourth-order valence-electron chi connectivity index (χ4n) is 4.47. The molecule has 2 heterocycles. The molecule has 43 heavy (non-hydrogen) atoms. The van der Waals surface area contributed by atoms with Gasteiger partial charge in [-0.3, -0.25) is 9.59 Å². The Labute approximate surface area is 253 Å². The van der Waals surface area contributed by atoms with E-state index < -0.39 is 0 Å². The molecule has 3 aromatic carbocycles. The lowest BCUT2D eigenvalue weighted by Crippen LogP contribution is -2.46. The zero-order chi connectivity index (χ0) is 32.3. The van der Waals surface area contributed by atoms with Crippen molar-refractivity contribution in [2.45, 2.75) is 59.4 Å². The minimum absolute atomic E-state index is 0.183. The van der Waals surface area contributed by atoms with Crippen molar-refractivity contribution in [3.05, 3.63) is 94.9 Å². The van der Waals surface area contributed by atoms with Crippen molar-refractivity contribution in [1.82, 2.24) is 9.88 Å². The standard InChI is InChI=1S/C20H22FN3O.C8H9NO.C4H7NO.C2H6/c1-20(2,12-25-3)19-10-13-8-17(23)14(11-22)9-18(13)24(19)16-6-4-15(21)5-7-16;1-6-2-4-7(5-3-6)8(9)10;1-3-2-4(6)5-3;1-2/h4-11,22H,12,23H2,1-3H3;2-5H,1H3,(H2,9,10);3H,2H2,1H3,(H,5,6);1-2H3. The summed E-state index contributed by atoms with van der Waals surface area (Å²) in [6.45, 7) is 12.7. The lowest BCUT2D eigenvalue weighted by atomic mass is 9.90. The van der Waals surface area contributed by atoms with Crippen LogP contribution in [0.4, 0.5) is 10.1 Å². The molecule has 9 heteroatoms. The fourth-order valence-corrected chi connectivity index (χ4v) is 4.47. The van der Waals surface area contributed by atoms with Gasteiger partial charge in [0.25, 0.3) is 0 Å². The van der Waals surface area contributed by atoms with Crippen molar-refractivity contribution < 1.29 is 18.7 Å². The topological polar surface area (TPSA) is 136 Å². The lowest BCUT2D eigenvalue weighted by Gasteiger charge is -2.26. The van der Waals surface area contributed by atoms with Crippen LogP contribution in [0.15, 0.2) is 66.7 Å². The smallest absolute Gasteiger partial charge is 0.248 e. The van der Waals surface area contributed by atoms with Crippen LogP contribution < -0.4 is 16.8 Å². The van der Waals surface area contributed by atoms with Crippen LogP contribution in [0.2, 0.25) is 0 Å². The molecule has 0 aliphatic carbocycles. The number of hydrogen-bond acceptors (Lipinski definition) is 5. The molecule has 230 valence electrons. The second kappa shape index (κ2) is 15.7. The SMILES string of the molecule is CC.CC1CC(=O)N1.COCC(C)(C)c1cc2cc(N)c(C=N)cc2n1-c1ccc(F)cc1.Cc1ccc(C(N)=O)cc1. The molecule has 0 bridgehead atoms. The van der Waals surface area contributed by atoms with Gasteiger partial charge in [0.2, 0.25) is 11.8 Å². The van der Waals surface area contributed by atoms with E-state index in [4.69, 9.17) is 21.6 Å². The van der Waals surface area contributed by atoms with Gasteiger partial charge >= 0.3 is 0 Å². The Morgan fingerprint density at radius 3 is 2.14 bits per heavy atom. The molecular formula is C34H44FN5O3. The summed E-state index contributed by atoms with van der Waals surface area (Å²) in [5.41, 5.74) is 16.5. The molecule has 1 aliphatic rings. The predicted molar refractivity (Wildman–Crippen MR) is 174 cm³/mol. The number of aryl methyl sites for hydroxylation is 1. The molecule has 1 atom stereocenters. The van der Waals surface area contributed by atoms with Gasteiger partial charge in [0.15, 0.2) is 0 Å². The number of aromatic nitrogens is 1. The molecule has 1 aromatic heterocycles. The zero-order valence-corrected chi connectivity index (χ0v) is 26.1. The number of amides is 2. The van der Waals surface area contributed by atoms with Crippen LogP contribution >= 0.6 is 0 Å². The summed E-state index contributed by atoms with van der Waals surface area (Å²) in [6.07, 6.45) is 1.97. The van der Waals surface area contributed by atoms with Gasteiger partial charge in [-0.05, 0) is 68.4 Å². The first-order valence-corrected chi connectivity index (χ1v) is 14.2. The van der Waals surface area contributed by atoms with E-state index in [-0.39, 0.29) is 23.0 Å². The third-order valence-electron chi connectivity index (χ3n) is 6.68. The van der Waals surface area contributed by atoms with E-state index in [0.29, 0.717) is 29.5 Å². The molecular weight excluding hydrogens is 545 g/mol. The molecule has 1 aliphatic heterocycles. The molecule has 4 aromatic rings. The number of ether oxygens (including phenoxy) is 1. The monoisotopic (exact) mass is 589 g/mol. The Hall–Kier alpha value is -4.50. The summed E-state index contributed by atoms with van der Waals surface area (Å²) in [5, 5.41) is 11.2. The number of β-lactam (4-membered cyclic amide) rings is 1. The maximum absolute atomic E-state index is 13.4. The number of benzene rings is 3. The Morgan fingerprint density at radius 1 is 1.12 bits per heavy atom. The summed E-state index contributed by atoms with van der Waals surface area (Å²) >= 11 is 0. The molecule has 8 nitrogen and oxygen atoms in total. The predicted octanol–water partition coefficient (Wildman–Crippen LogP) is 6.29. The number of primary amides is 1. The van der Waals surface area contributed by atoms with Crippen LogP contribution in [0, 0.1) is 18.2 Å². The minimum Gasteiger partial charge on any atom is -0.398 e. The van der Waals surface area contributed by atoms with Crippen LogP contribution in [-0.4, -0.2) is 42.4 Å². The van der Waals surface area contributed by atoms with Crippen LogP contribution in [0.5, 0.6) is 0 Å². The average Bonchev–Trinajstić information content (AvgIpc) is 3.33. The second-order valence-corrected chi connectivity index (χ2v) is 10.7. The minimum atomic E-state index is -0.375. The fraction of sp³-hybridized carbons (Fsp3) is 0.324. The van der Waals surface area contributed by atoms with Gasteiger partial charge in [-0.1, -0.05) is 45.4 Å². The van der Waals surface area contributed by atoms with Crippen LogP contribution in [-0.2, 0) is 14.9 Å². The highest BCUT2D eigenvalue weighted by Crippen LogP contribution is 2.34. The Bertz CT molecular complexity index is 1520. The maximum atomic E-state index is 13.4. The molecule has 0 saturated carbocycles. The van der Waals surface area contributed by atoms with Crippen molar-refractivity contribution in [2.75, 3.05) is 19.5 Å². The van der Waals surface area contributed by atoms with Gasteiger partial charge in [-0.25, -0.2) is 4.39 Å². The Morgan fingerprint density at radius 2 is 1.70 bits per heavy atom. The van der Waals surface area contributed by atoms with E-state index in [1.54, 1.807) is 31.4 Å². The summed E-state index contributed by atoms with van der Waals surface area (Å²) < 4.78 is 20.9. The number of nitrogens with two attached hydrogens (primary N) is 2. The summed E-state index contributed by atoms with van der Waals surface area (Å²) in [5.74, 6) is -0.468. The zero-order valence-electron chi connectivity index (χ0n) is 26.1. The number of anilines is 1. The number of fused-ring (bicyclic) bond motifs is 1. The number of carbonyl (C=O) groups excluding carboxylic acids is 2. The lowest BCUT2D eigenvalue weighted by molar-refractivity contribution is -0.127. The molecule has 6 N–H and O–H groups in total. The van der Waals surface area contributed by atoms with E-state index >= 15 is 0 Å². The van der Waals surface area contributed by atoms with Gasteiger partial charge in [0.05, 0.1) is 12.1 Å². The summed E-state index contributed by atoms with van der Waals surface area (Å²) in [4.78, 5) is 20.5. The largest absolute Gasteiger partial charge is 0.398 e. The van der Waals surface area contributed by atoms with Crippen LogP contribution in [0.25, 0.3) is 16.6 Å². The van der Waals surface area contributed by atoms with Crippen molar-refractivity contribution in [2.24, 2.45) is 5.73 Å². The van der Waals surface area contributed by atoms with Gasteiger partial charge in [0.1, 0.15) is 5.82 Å². The highest BCUT2D eigenvalue weighted by atomic mass is 19.1. The quantitative estimate of drug-likeness (QED) is 0.119. The molecule has 2 amide bonds. The number of nitrogens with one attached hydrogen (secondary N) is 2. The van der Waals surface area contributed by atoms with Gasteiger partial charge in [-0.2, -0.15) is 0 Å². The molecule has 5 rings (SSSR count). The van der Waals surface area contributed by atoms with Crippen molar-refractivity contribution in [1.29, 1.82) is 5.41 Å². The van der Waals surface area contributed by atoms with E-state index in [9.17, 15) is 14.0 Å². The number of nitrogen functional groups attached to an aromatic ring is 1. The highest BCUT2D eigenvalue weighted by Gasteiger charge is 2.27. The first kappa shape index (κ1) is 34.7. The Kier molecular flexibility index (Phi) is 12.6. The first-order valence-electron chi connectivity index (χ1n) is 14.2. The van der Waals surface area contributed by atoms with Crippen molar-refractivity contribution in [3.8, 4) is 5.69 Å². The van der Waals surface area contributed by atoms with Crippen LogP contribution in [0.3, 0.4) is 0 Å². The summed E-state index contributed by atoms with van der Waals surface area (Å²) in [7, 11) is 1.68. The number of nitrogens with zero attached hydrogens (tertiary/aromatic N) is 1. The molecule has 1 fully saturated rings. The number of rotatable bonds is 6. The van der Waals surface area contributed by atoms with Crippen molar-refractivity contribution in [3.63, 3.8) is 0 Å². The number of methoxy groups -OCH3 is 1. The van der Waals surface area contributed by atoms with E-state index in [1.165, 1.54) is 18.3 Å². The maximum Gasteiger partial charge on any atom is 0.248 e. The third-order valence-corrected chi connectivity index (χ3v) is 6.68. The molecule has 1 unspecified atom stereocenters. The molecule has 1 saturated heterocycles. The summed E-state index contributed by atoms with van der Waals surface area (Å²) in [6, 6.07) is 19.9. The second-order valence-electron chi connectivity index (χ2n) is 10.7. The molecule has 0 spiro atoms. The van der Waals surface area contributed by atoms with Crippen LogP contribution in [0.1, 0.15) is 68.2 Å². The normalized spacial score (nSPS) is 13.6. The highest BCUT2D eigenvalue weighted by molar-refractivity contribution is 5.96. The first-order chi connectivity index (χ1) is 20.4. The van der Waals surface area contributed by atoms with E-state index in [2.05, 4.69) is 29.8 Å². The van der Waals surface area contributed by atoms with E-state index in [1.807, 2.05) is 52.0 Å². The van der Waals surface area contributed by atoms with Gasteiger partial charge in [-0.15, -0.1) is 0 Å². The average molecular weight is 590 g/mol. The van der Waals surface area contributed by atoms with E-state index in [0.717, 1.165) is 34.3 Å². The number of hydrogen-bond donors (Lipinski definition) is 4. The van der Waals surface area contributed by atoms with Gasteiger partial charge < -0.3 is 31.5 Å². The number of halogens is 1. The third kappa shape index (κ3) is 9.24. The van der Waals surface area contributed by atoms with Gasteiger partial charge in [0, 0.05) is 64.8 Å². The number of carbonyl (C=O) groups is 2. The molecule has 0 radical (unpaired) electrons.